The number of benzene rings is 2. The number of aryl methyl sites for hydroxylation is 1. The predicted octanol–water partition coefficient (Wildman–Crippen LogP) is 4.38. The molecule has 2 aromatic carbocycles. The Labute approximate surface area is 165 Å². The summed E-state index contributed by atoms with van der Waals surface area (Å²) in [6, 6.07) is 10.9. The fourth-order valence-corrected chi connectivity index (χ4v) is 3.85. The van der Waals surface area contributed by atoms with Gasteiger partial charge in [-0.15, -0.1) is 0 Å². The van der Waals surface area contributed by atoms with E-state index in [0.717, 1.165) is 5.56 Å². The van der Waals surface area contributed by atoms with Crippen molar-refractivity contribution < 1.29 is 14.0 Å². The lowest BCUT2D eigenvalue weighted by atomic mass is 10.2. The third-order valence-electron chi connectivity index (χ3n) is 4.04. The second kappa shape index (κ2) is 8.10. The number of carbonyl (C=O) groups is 2. The van der Waals surface area contributed by atoms with Crippen molar-refractivity contribution in [3.05, 3.63) is 58.9 Å². The van der Waals surface area contributed by atoms with Gasteiger partial charge in [0.2, 0.25) is 11.8 Å². The van der Waals surface area contributed by atoms with E-state index in [1.54, 1.807) is 19.2 Å². The second-order valence-electron chi connectivity index (χ2n) is 6.09. The van der Waals surface area contributed by atoms with E-state index in [1.165, 1.54) is 40.9 Å². The van der Waals surface area contributed by atoms with E-state index in [-0.39, 0.29) is 24.1 Å². The summed E-state index contributed by atoms with van der Waals surface area (Å²) in [7, 11) is 1.61. The van der Waals surface area contributed by atoms with Gasteiger partial charge in [0.05, 0.1) is 5.69 Å². The maximum absolute atomic E-state index is 13.0. The van der Waals surface area contributed by atoms with Crippen molar-refractivity contribution in [2.75, 3.05) is 12.4 Å². The van der Waals surface area contributed by atoms with Crippen molar-refractivity contribution in [1.82, 2.24) is 4.90 Å². The summed E-state index contributed by atoms with van der Waals surface area (Å²) >= 11 is 7.18. The van der Waals surface area contributed by atoms with E-state index in [1.807, 2.05) is 13.0 Å². The minimum absolute atomic E-state index is 0.0161. The second-order valence-corrected chi connectivity index (χ2v) is 7.69. The topological polar surface area (TPSA) is 61.8 Å². The lowest BCUT2D eigenvalue weighted by Gasteiger charge is -2.11. The van der Waals surface area contributed by atoms with E-state index in [2.05, 4.69) is 10.3 Å². The summed E-state index contributed by atoms with van der Waals surface area (Å²) in [6.07, 6.45) is 0.0161. The van der Waals surface area contributed by atoms with Gasteiger partial charge in [-0.3, -0.25) is 14.5 Å². The van der Waals surface area contributed by atoms with Crippen LogP contribution in [-0.2, 0) is 9.59 Å². The van der Waals surface area contributed by atoms with Crippen molar-refractivity contribution in [2.24, 2.45) is 4.99 Å². The summed E-state index contributed by atoms with van der Waals surface area (Å²) < 4.78 is 13.0. The molecule has 2 amide bonds. The van der Waals surface area contributed by atoms with Gasteiger partial charge in [-0.25, -0.2) is 9.38 Å². The average molecular weight is 406 g/mol. The number of hydrogen-bond acceptors (Lipinski definition) is 4. The largest absolute Gasteiger partial charge is 0.326 e. The number of amidine groups is 1. The van der Waals surface area contributed by atoms with Crippen LogP contribution in [0.2, 0.25) is 5.02 Å². The lowest BCUT2D eigenvalue weighted by molar-refractivity contribution is -0.127. The Morgan fingerprint density at radius 3 is 2.70 bits per heavy atom. The molecule has 8 heteroatoms. The Bertz CT molecular complexity index is 918. The Hall–Kier alpha value is -2.38. The molecule has 1 aliphatic heterocycles. The molecule has 1 heterocycles. The summed E-state index contributed by atoms with van der Waals surface area (Å²) in [6.45, 7) is 1.86. The number of amides is 2. The molecular formula is C19H17ClFN3O2S. The Balaban J connectivity index is 1.68. The normalized spacial score (nSPS) is 18.2. The zero-order valence-electron chi connectivity index (χ0n) is 14.7. The molecular weight excluding hydrogens is 389 g/mol. The van der Waals surface area contributed by atoms with Crippen molar-refractivity contribution >= 4 is 51.7 Å². The van der Waals surface area contributed by atoms with Crippen molar-refractivity contribution in [3.8, 4) is 0 Å². The number of halogens is 2. The standard InChI is InChI=1S/C19H17ClFN3O2S/c1-11-3-4-12(20)9-15(11)23-17(25)10-16-18(26)24(2)19(27-16)22-14-7-5-13(21)6-8-14/h3-9,16H,10H2,1-2H3,(H,23,25)/t16-/m1/s1. The van der Waals surface area contributed by atoms with Crippen molar-refractivity contribution in [2.45, 2.75) is 18.6 Å². The van der Waals surface area contributed by atoms with Crippen LogP contribution >= 0.6 is 23.4 Å². The highest BCUT2D eigenvalue weighted by molar-refractivity contribution is 8.15. The van der Waals surface area contributed by atoms with Gasteiger partial charge in [0.15, 0.2) is 5.17 Å². The van der Waals surface area contributed by atoms with Gasteiger partial charge in [0, 0.05) is 24.2 Å². The molecule has 2 aromatic rings. The SMILES string of the molecule is Cc1ccc(Cl)cc1NC(=O)C[C@H]1SC(=Nc2ccc(F)cc2)N(C)C1=O. The highest BCUT2D eigenvalue weighted by Gasteiger charge is 2.37. The highest BCUT2D eigenvalue weighted by Crippen LogP contribution is 2.31. The van der Waals surface area contributed by atoms with Gasteiger partial charge < -0.3 is 5.32 Å². The Morgan fingerprint density at radius 2 is 2.00 bits per heavy atom. The van der Waals surface area contributed by atoms with E-state index in [0.29, 0.717) is 21.6 Å². The summed E-state index contributed by atoms with van der Waals surface area (Å²) in [4.78, 5) is 30.6. The number of anilines is 1. The Morgan fingerprint density at radius 1 is 1.30 bits per heavy atom. The van der Waals surface area contributed by atoms with Crippen LogP contribution in [0.3, 0.4) is 0 Å². The molecule has 1 fully saturated rings. The maximum Gasteiger partial charge on any atom is 0.242 e. The van der Waals surface area contributed by atoms with E-state index in [4.69, 9.17) is 11.6 Å². The fourth-order valence-electron chi connectivity index (χ4n) is 2.52. The lowest BCUT2D eigenvalue weighted by Crippen LogP contribution is -2.30. The molecule has 140 valence electrons. The van der Waals surface area contributed by atoms with Gasteiger partial charge >= 0.3 is 0 Å². The van der Waals surface area contributed by atoms with Crippen molar-refractivity contribution in [1.29, 1.82) is 0 Å². The van der Waals surface area contributed by atoms with Crippen LogP contribution in [-0.4, -0.2) is 34.2 Å². The van der Waals surface area contributed by atoms with Gasteiger partial charge in [-0.05, 0) is 48.9 Å². The zero-order valence-corrected chi connectivity index (χ0v) is 16.3. The van der Waals surface area contributed by atoms with Crippen LogP contribution in [0.1, 0.15) is 12.0 Å². The molecule has 0 radical (unpaired) electrons. The quantitative estimate of drug-likeness (QED) is 0.821. The first-order valence-electron chi connectivity index (χ1n) is 8.18. The summed E-state index contributed by atoms with van der Waals surface area (Å²) in [5, 5.41) is 3.23. The van der Waals surface area contributed by atoms with Crippen LogP contribution < -0.4 is 5.32 Å². The molecule has 1 N–H and O–H groups in total. The van der Waals surface area contributed by atoms with Gasteiger partial charge in [0.1, 0.15) is 11.1 Å². The first-order chi connectivity index (χ1) is 12.8. The van der Waals surface area contributed by atoms with Crippen LogP contribution in [0.5, 0.6) is 0 Å². The molecule has 0 unspecified atom stereocenters. The molecule has 0 spiro atoms. The Kier molecular flexibility index (Phi) is 5.82. The fraction of sp³-hybridized carbons (Fsp3) is 0.211. The van der Waals surface area contributed by atoms with Gasteiger partial charge in [-0.1, -0.05) is 29.4 Å². The predicted molar refractivity (Wildman–Crippen MR) is 107 cm³/mol. The smallest absolute Gasteiger partial charge is 0.242 e. The number of carbonyl (C=O) groups excluding carboxylic acids is 2. The number of thioether (sulfide) groups is 1. The molecule has 27 heavy (non-hydrogen) atoms. The monoisotopic (exact) mass is 405 g/mol. The number of aliphatic imine (C=N–C) groups is 1. The van der Waals surface area contributed by atoms with E-state index < -0.39 is 5.25 Å². The molecule has 1 aliphatic rings. The third kappa shape index (κ3) is 4.67. The van der Waals surface area contributed by atoms with Crippen LogP contribution in [0.25, 0.3) is 0 Å². The van der Waals surface area contributed by atoms with E-state index in [9.17, 15) is 14.0 Å². The van der Waals surface area contributed by atoms with Crippen LogP contribution in [0.15, 0.2) is 47.5 Å². The molecule has 0 bridgehead atoms. The number of nitrogens with one attached hydrogen (secondary N) is 1. The number of hydrogen-bond donors (Lipinski definition) is 1. The van der Waals surface area contributed by atoms with Gasteiger partial charge in [0.25, 0.3) is 0 Å². The molecule has 0 aromatic heterocycles. The highest BCUT2D eigenvalue weighted by atomic mass is 35.5. The minimum atomic E-state index is -0.561. The third-order valence-corrected chi connectivity index (χ3v) is 5.50. The molecule has 1 atom stereocenters. The number of rotatable bonds is 4. The van der Waals surface area contributed by atoms with Gasteiger partial charge in [-0.2, -0.15) is 0 Å². The molecule has 1 saturated heterocycles. The van der Waals surface area contributed by atoms with Crippen LogP contribution in [0, 0.1) is 12.7 Å². The molecule has 3 rings (SSSR count). The minimum Gasteiger partial charge on any atom is -0.326 e. The maximum atomic E-state index is 13.0. The number of nitrogens with zero attached hydrogens (tertiary/aromatic N) is 2. The molecule has 5 nitrogen and oxygen atoms in total. The average Bonchev–Trinajstić information content (AvgIpc) is 2.88. The first kappa shape index (κ1) is 19.4. The van der Waals surface area contributed by atoms with Crippen LogP contribution in [0.4, 0.5) is 15.8 Å². The first-order valence-corrected chi connectivity index (χ1v) is 9.44. The molecule has 0 saturated carbocycles. The molecule has 0 aliphatic carbocycles. The summed E-state index contributed by atoms with van der Waals surface area (Å²) in [5.74, 6) is -0.824. The van der Waals surface area contributed by atoms with Crippen molar-refractivity contribution in [3.63, 3.8) is 0 Å². The van der Waals surface area contributed by atoms with E-state index >= 15 is 0 Å². The summed E-state index contributed by atoms with van der Waals surface area (Å²) in [5.41, 5.74) is 2.04. The zero-order chi connectivity index (χ0) is 19.6.